The number of benzene rings is 1. The van der Waals surface area contributed by atoms with Gasteiger partial charge < -0.3 is 14.5 Å². The van der Waals surface area contributed by atoms with Crippen molar-refractivity contribution >= 4 is 23.8 Å². The highest BCUT2D eigenvalue weighted by Crippen LogP contribution is 2.13. The molecule has 134 valence electrons. The van der Waals surface area contributed by atoms with Crippen molar-refractivity contribution in [3.63, 3.8) is 0 Å². The van der Waals surface area contributed by atoms with Crippen LogP contribution in [0.5, 0.6) is 0 Å². The summed E-state index contributed by atoms with van der Waals surface area (Å²) in [4.78, 5) is 32.1. The second-order valence-corrected chi connectivity index (χ2v) is 5.95. The number of carbonyl (C=O) groups is 2. The lowest BCUT2D eigenvalue weighted by Crippen LogP contribution is -2.48. The number of amides is 1. The molecule has 1 aromatic carbocycles. The second-order valence-electron chi connectivity index (χ2n) is 5.95. The molecule has 0 unspecified atom stereocenters. The van der Waals surface area contributed by atoms with E-state index in [0.717, 1.165) is 24.5 Å². The molecular weight excluding hydrogens is 330 g/mol. The molecule has 6 nitrogen and oxygen atoms in total. The average Bonchev–Trinajstić information content (AvgIpc) is 2.72. The molecule has 6 heteroatoms. The van der Waals surface area contributed by atoms with Gasteiger partial charge in [0.25, 0.3) is 0 Å². The maximum Gasteiger partial charge on any atom is 0.337 e. The van der Waals surface area contributed by atoms with Gasteiger partial charge in [0.15, 0.2) is 0 Å². The van der Waals surface area contributed by atoms with Crippen molar-refractivity contribution in [1.82, 2.24) is 9.88 Å². The first-order chi connectivity index (χ1) is 12.7. The van der Waals surface area contributed by atoms with E-state index in [-0.39, 0.29) is 11.9 Å². The molecule has 0 atom stereocenters. The van der Waals surface area contributed by atoms with E-state index < -0.39 is 0 Å². The van der Waals surface area contributed by atoms with Gasteiger partial charge in [-0.05, 0) is 35.9 Å². The third-order valence-electron chi connectivity index (χ3n) is 4.31. The summed E-state index contributed by atoms with van der Waals surface area (Å²) in [5.74, 6) is 0.561. The number of pyridine rings is 1. The number of methoxy groups -OCH3 is 1. The number of ether oxygens (including phenoxy) is 1. The monoisotopic (exact) mass is 351 g/mol. The quantitative estimate of drug-likeness (QED) is 0.624. The number of rotatable bonds is 4. The van der Waals surface area contributed by atoms with Crippen molar-refractivity contribution in [2.75, 3.05) is 38.2 Å². The van der Waals surface area contributed by atoms with E-state index in [4.69, 9.17) is 0 Å². The Balaban J connectivity index is 1.54. The summed E-state index contributed by atoms with van der Waals surface area (Å²) in [6.45, 7) is 2.87. The molecule has 1 aliphatic heterocycles. The Hall–Kier alpha value is -3.15. The van der Waals surface area contributed by atoms with E-state index in [1.807, 2.05) is 23.1 Å². The average molecular weight is 351 g/mol. The molecule has 1 saturated heterocycles. The van der Waals surface area contributed by atoms with Crippen LogP contribution in [-0.2, 0) is 9.53 Å². The molecule has 2 heterocycles. The standard InChI is InChI=1S/C20H21N3O3/c1-26-20(25)17-8-5-16(6-9-17)7-10-19(24)23-14-12-22(13-15-23)18-4-2-3-11-21-18/h2-11H,12-15H2,1H3/b10-7+. The number of carbonyl (C=O) groups excluding carboxylic acids is 2. The highest BCUT2D eigenvalue weighted by Gasteiger charge is 2.20. The fourth-order valence-corrected chi connectivity index (χ4v) is 2.82. The third kappa shape index (κ3) is 4.27. The van der Waals surface area contributed by atoms with Crippen LogP contribution in [0.4, 0.5) is 5.82 Å². The van der Waals surface area contributed by atoms with Crippen LogP contribution in [-0.4, -0.2) is 55.0 Å². The van der Waals surface area contributed by atoms with Crippen molar-refractivity contribution in [2.45, 2.75) is 0 Å². The zero-order valence-electron chi connectivity index (χ0n) is 14.7. The topological polar surface area (TPSA) is 62.7 Å². The van der Waals surface area contributed by atoms with Crippen molar-refractivity contribution in [3.8, 4) is 0 Å². The molecule has 2 aromatic rings. The van der Waals surface area contributed by atoms with Gasteiger partial charge in [-0.1, -0.05) is 18.2 Å². The first kappa shape index (κ1) is 17.7. The SMILES string of the molecule is COC(=O)c1ccc(/C=C/C(=O)N2CCN(c3ccccn3)CC2)cc1. The van der Waals surface area contributed by atoms with Crippen LogP contribution in [0.25, 0.3) is 6.08 Å². The molecular formula is C20H21N3O3. The number of anilines is 1. The van der Waals surface area contributed by atoms with Gasteiger partial charge in [0, 0.05) is 38.5 Å². The number of aromatic nitrogens is 1. The summed E-state index contributed by atoms with van der Waals surface area (Å²) in [5, 5.41) is 0. The summed E-state index contributed by atoms with van der Waals surface area (Å²) in [6.07, 6.45) is 5.11. The van der Waals surface area contributed by atoms with E-state index in [1.165, 1.54) is 7.11 Å². The molecule has 1 fully saturated rings. The van der Waals surface area contributed by atoms with Gasteiger partial charge in [0.1, 0.15) is 5.82 Å². The van der Waals surface area contributed by atoms with Crippen molar-refractivity contribution in [1.29, 1.82) is 0 Å². The first-order valence-electron chi connectivity index (χ1n) is 8.49. The van der Waals surface area contributed by atoms with Gasteiger partial charge in [-0.2, -0.15) is 0 Å². The summed E-state index contributed by atoms with van der Waals surface area (Å²) in [6, 6.07) is 12.8. The van der Waals surface area contributed by atoms with Gasteiger partial charge in [-0.25, -0.2) is 9.78 Å². The largest absolute Gasteiger partial charge is 0.465 e. The molecule has 26 heavy (non-hydrogen) atoms. The number of piperazine rings is 1. The number of nitrogens with zero attached hydrogens (tertiary/aromatic N) is 3. The van der Waals surface area contributed by atoms with Crippen molar-refractivity contribution in [2.24, 2.45) is 0 Å². The van der Waals surface area contributed by atoms with Crippen LogP contribution < -0.4 is 4.90 Å². The molecule has 1 amide bonds. The Morgan fingerprint density at radius 3 is 2.38 bits per heavy atom. The molecule has 0 N–H and O–H groups in total. The number of esters is 1. The predicted octanol–water partition coefficient (Wildman–Crippen LogP) is 2.23. The number of hydrogen-bond acceptors (Lipinski definition) is 5. The first-order valence-corrected chi connectivity index (χ1v) is 8.49. The molecule has 3 rings (SSSR count). The highest BCUT2D eigenvalue weighted by atomic mass is 16.5. The summed E-state index contributed by atoms with van der Waals surface area (Å²) in [5.41, 5.74) is 1.35. The van der Waals surface area contributed by atoms with Crippen molar-refractivity contribution < 1.29 is 14.3 Å². The van der Waals surface area contributed by atoms with E-state index in [0.29, 0.717) is 18.7 Å². The lowest BCUT2D eigenvalue weighted by molar-refractivity contribution is -0.126. The van der Waals surface area contributed by atoms with Gasteiger partial charge in [-0.3, -0.25) is 4.79 Å². The van der Waals surface area contributed by atoms with Gasteiger partial charge in [0.2, 0.25) is 5.91 Å². The maximum absolute atomic E-state index is 12.4. The number of hydrogen-bond donors (Lipinski definition) is 0. The second kappa shape index (κ2) is 8.29. The fourth-order valence-electron chi connectivity index (χ4n) is 2.82. The van der Waals surface area contributed by atoms with Crippen LogP contribution in [0.2, 0.25) is 0 Å². The molecule has 1 aromatic heterocycles. The Morgan fingerprint density at radius 2 is 1.77 bits per heavy atom. The smallest absolute Gasteiger partial charge is 0.337 e. The molecule has 0 spiro atoms. The summed E-state index contributed by atoms with van der Waals surface area (Å²) < 4.78 is 4.67. The fraction of sp³-hybridized carbons (Fsp3) is 0.250. The Bertz CT molecular complexity index is 780. The molecule has 0 radical (unpaired) electrons. The molecule has 0 saturated carbocycles. The van der Waals surface area contributed by atoms with Crippen LogP contribution in [0.15, 0.2) is 54.7 Å². The third-order valence-corrected chi connectivity index (χ3v) is 4.31. The minimum atomic E-state index is -0.373. The normalized spacial score (nSPS) is 14.5. The molecule has 0 aliphatic carbocycles. The Morgan fingerprint density at radius 1 is 1.04 bits per heavy atom. The minimum Gasteiger partial charge on any atom is -0.465 e. The zero-order valence-corrected chi connectivity index (χ0v) is 14.7. The maximum atomic E-state index is 12.4. The lowest BCUT2D eigenvalue weighted by atomic mass is 10.1. The summed E-state index contributed by atoms with van der Waals surface area (Å²) in [7, 11) is 1.35. The van der Waals surface area contributed by atoms with E-state index >= 15 is 0 Å². The van der Waals surface area contributed by atoms with Crippen LogP contribution in [0.3, 0.4) is 0 Å². The molecule has 0 bridgehead atoms. The van der Waals surface area contributed by atoms with Gasteiger partial charge in [-0.15, -0.1) is 0 Å². The van der Waals surface area contributed by atoms with E-state index in [9.17, 15) is 9.59 Å². The van der Waals surface area contributed by atoms with Crippen LogP contribution >= 0.6 is 0 Å². The van der Waals surface area contributed by atoms with Crippen LogP contribution in [0, 0.1) is 0 Å². The van der Waals surface area contributed by atoms with E-state index in [1.54, 1.807) is 42.6 Å². The predicted molar refractivity (Wildman–Crippen MR) is 99.8 cm³/mol. The van der Waals surface area contributed by atoms with Gasteiger partial charge >= 0.3 is 5.97 Å². The highest BCUT2D eigenvalue weighted by molar-refractivity contribution is 5.92. The Labute approximate surface area is 152 Å². The molecule has 1 aliphatic rings. The summed E-state index contributed by atoms with van der Waals surface area (Å²) >= 11 is 0. The van der Waals surface area contributed by atoms with Crippen LogP contribution in [0.1, 0.15) is 15.9 Å². The lowest BCUT2D eigenvalue weighted by Gasteiger charge is -2.34. The van der Waals surface area contributed by atoms with Crippen molar-refractivity contribution in [3.05, 3.63) is 65.9 Å². The Kier molecular flexibility index (Phi) is 5.63. The van der Waals surface area contributed by atoms with E-state index in [2.05, 4.69) is 14.6 Å². The minimum absolute atomic E-state index is 0.0114. The van der Waals surface area contributed by atoms with Gasteiger partial charge in [0.05, 0.1) is 12.7 Å². The zero-order chi connectivity index (χ0) is 18.4.